The van der Waals surface area contributed by atoms with E-state index in [2.05, 4.69) is 47.3 Å². The first-order chi connectivity index (χ1) is 18.6. The van der Waals surface area contributed by atoms with Gasteiger partial charge in [0.2, 0.25) is 0 Å². The van der Waals surface area contributed by atoms with Crippen LogP contribution in [0.15, 0.2) is 42.5 Å². The second-order valence-electron chi connectivity index (χ2n) is 14.4. The second kappa shape index (κ2) is 11.5. The zero-order valence-electron chi connectivity index (χ0n) is 25.2. The molecule has 0 bridgehead atoms. The van der Waals surface area contributed by atoms with Crippen molar-refractivity contribution in [2.75, 3.05) is 0 Å². The molecule has 0 aromatic heterocycles. The predicted molar refractivity (Wildman–Crippen MR) is 160 cm³/mol. The van der Waals surface area contributed by atoms with Gasteiger partial charge in [-0.25, -0.2) is 4.79 Å². The van der Waals surface area contributed by atoms with E-state index in [-0.39, 0.29) is 11.5 Å². The first-order valence-corrected chi connectivity index (χ1v) is 15.9. The molecule has 1 aromatic rings. The molecule has 3 heteroatoms. The lowest BCUT2D eigenvalue weighted by Crippen LogP contribution is -2.51. The molecule has 1 aromatic carbocycles. The molecule has 0 amide bonds. The number of carbonyl (C=O) groups is 1. The first-order valence-electron chi connectivity index (χ1n) is 15.9. The van der Waals surface area contributed by atoms with Crippen LogP contribution in [0.1, 0.15) is 111 Å². The lowest BCUT2D eigenvalue weighted by Gasteiger charge is -2.58. The summed E-state index contributed by atoms with van der Waals surface area (Å²) in [6, 6.07) is 7.36. The van der Waals surface area contributed by atoms with Crippen LogP contribution in [0.4, 0.5) is 4.79 Å². The van der Waals surface area contributed by atoms with E-state index in [0.717, 1.165) is 60.3 Å². The zero-order chi connectivity index (χ0) is 27.8. The Morgan fingerprint density at radius 1 is 1.03 bits per heavy atom. The molecule has 3 saturated carbocycles. The number of hydrogen-bond donors (Lipinski definition) is 0. The molecule has 4 aliphatic carbocycles. The van der Waals surface area contributed by atoms with Crippen LogP contribution in [0, 0.1) is 46.3 Å². The molecule has 214 valence electrons. The fourth-order valence-electron chi connectivity index (χ4n) is 9.68. The van der Waals surface area contributed by atoms with Gasteiger partial charge in [0.05, 0.1) is 0 Å². The van der Waals surface area contributed by atoms with Gasteiger partial charge in [-0.15, -0.1) is 0 Å². The first kappa shape index (κ1) is 28.5. The highest BCUT2D eigenvalue weighted by atomic mass is 16.7. The molecule has 3 fully saturated rings. The van der Waals surface area contributed by atoms with Gasteiger partial charge >= 0.3 is 6.16 Å². The number of allylic oxidation sites excluding steroid dienone is 1. The molecule has 4 aliphatic rings. The van der Waals surface area contributed by atoms with Crippen LogP contribution >= 0.6 is 0 Å². The molecular weight excluding hydrogens is 480 g/mol. The minimum absolute atomic E-state index is 0.0859. The Labute approximate surface area is 237 Å². The minimum Gasteiger partial charge on any atom is -0.430 e. The Bertz CT molecular complexity index is 1050. The third-order valence-corrected chi connectivity index (χ3v) is 11.8. The molecule has 0 aliphatic heterocycles. The van der Waals surface area contributed by atoms with Gasteiger partial charge in [0.1, 0.15) is 11.9 Å². The standard InChI is InChI=1S/C36H52O3/c1-7-26-11-14-28(15-12-26)38-34(37)39-29-19-21-35(5)27(23-29)13-16-30-32-18-17-31(25(4)10-8-9-24(2)3)36(32,6)22-20-33(30)35/h7,11-15,24-25,29-33H,1,8-10,16-23H2,2-6H3/t25-,29?,30?,31-,32?,33?,35+,36-/m1/s1. The summed E-state index contributed by atoms with van der Waals surface area (Å²) >= 11 is 0. The van der Waals surface area contributed by atoms with Crippen LogP contribution in [-0.4, -0.2) is 12.3 Å². The Kier molecular flexibility index (Phi) is 8.37. The Balaban J connectivity index is 1.21. The van der Waals surface area contributed by atoms with Crippen molar-refractivity contribution < 1.29 is 14.3 Å². The molecule has 3 nitrogen and oxygen atoms in total. The molecule has 0 spiro atoms. The summed E-state index contributed by atoms with van der Waals surface area (Å²) in [7, 11) is 0. The number of carbonyl (C=O) groups excluding carboxylic acids is 1. The van der Waals surface area contributed by atoms with Gasteiger partial charge < -0.3 is 9.47 Å². The average molecular weight is 533 g/mol. The van der Waals surface area contributed by atoms with E-state index in [4.69, 9.17) is 9.47 Å². The average Bonchev–Trinajstić information content (AvgIpc) is 3.26. The second-order valence-corrected chi connectivity index (χ2v) is 14.4. The van der Waals surface area contributed by atoms with Crippen molar-refractivity contribution in [1.29, 1.82) is 0 Å². The monoisotopic (exact) mass is 532 g/mol. The molecule has 8 atom stereocenters. The topological polar surface area (TPSA) is 35.5 Å². The Morgan fingerprint density at radius 3 is 2.51 bits per heavy atom. The van der Waals surface area contributed by atoms with Crippen molar-refractivity contribution in [2.24, 2.45) is 46.3 Å². The molecule has 5 rings (SSSR count). The van der Waals surface area contributed by atoms with Crippen LogP contribution < -0.4 is 4.74 Å². The number of rotatable bonds is 8. The highest BCUT2D eigenvalue weighted by Crippen LogP contribution is 2.67. The van der Waals surface area contributed by atoms with Gasteiger partial charge in [0.25, 0.3) is 0 Å². The molecule has 0 heterocycles. The molecule has 0 radical (unpaired) electrons. The van der Waals surface area contributed by atoms with Crippen molar-refractivity contribution >= 4 is 12.2 Å². The molecule has 0 N–H and O–H groups in total. The van der Waals surface area contributed by atoms with Crippen molar-refractivity contribution in [3.8, 4) is 5.75 Å². The fourth-order valence-corrected chi connectivity index (χ4v) is 9.68. The maximum atomic E-state index is 12.6. The number of benzene rings is 1. The summed E-state index contributed by atoms with van der Waals surface area (Å²) in [5.74, 6) is 5.57. The summed E-state index contributed by atoms with van der Waals surface area (Å²) in [6.45, 7) is 16.3. The van der Waals surface area contributed by atoms with E-state index in [9.17, 15) is 4.79 Å². The van der Waals surface area contributed by atoms with Crippen molar-refractivity contribution in [3.05, 3.63) is 48.1 Å². The van der Waals surface area contributed by atoms with E-state index in [0.29, 0.717) is 11.2 Å². The van der Waals surface area contributed by atoms with Crippen molar-refractivity contribution in [3.63, 3.8) is 0 Å². The summed E-state index contributed by atoms with van der Waals surface area (Å²) in [6.07, 6.45) is 17.6. The van der Waals surface area contributed by atoms with E-state index in [1.807, 2.05) is 12.1 Å². The molecular formula is C36H52O3. The van der Waals surface area contributed by atoms with E-state index < -0.39 is 6.16 Å². The fraction of sp³-hybridized carbons (Fsp3) is 0.694. The largest absolute Gasteiger partial charge is 0.514 e. The van der Waals surface area contributed by atoms with Crippen LogP contribution in [0.2, 0.25) is 0 Å². The number of fused-ring (bicyclic) bond motifs is 5. The van der Waals surface area contributed by atoms with Gasteiger partial charge in [-0.05, 0) is 109 Å². The van der Waals surface area contributed by atoms with Crippen molar-refractivity contribution in [2.45, 2.75) is 111 Å². The van der Waals surface area contributed by atoms with Gasteiger partial charge in [-0.1, -0.05) is 90.3 Å². The number of hydrogen-bond acceptors (Lipinski definition) is 3. The maximum Gasteiger partial charge on any atom is 0.514 e. The normalized spacial score (nSPS) is 36.3. The smallest absolute Gasteiger partial charge is 0.430 e. The van der Waals surface area contributed by atoms with Gasteiger partial charge in [0.15, 0.2) is 0 Å². The Hall–Kier alpha value is -2.03. The third kappa shape index (κ3) is 5.62. The lowest BCUT2D eigenvalue weighted by atomic mass is 9.47. The van der Waals surface area contributed by atoms with Crippen LogP contribution in [0.3, 0.4) is 0 Å². The van der Waals surface area contributed by atoms with E-state index in [1.54, 1.807) is 23.8 Å². The number of ether oxygens (including phenoxy) is 2. The van der Waals surface area contributed by atoms with E-state index >= 15 is 0 Å². The zero-order valence-corrected chi connectivity index (χ0v) is 25.2. The van der Waals surface area contributed by atoms with Crippen molar-refractivity contribution in [1.82, 2.24) is 0 Å². The van der Waals surface area contributed by atoms with Crippen LogP contribution in [0.5, 0.6) is 5.75 Å². The van der Waals surface area contributed by atoms with Gasteiger partial charge in [0, 0.05) is 6.42 Å². The van der Waals surface area contributed by atoms with E-state index in [1.165, 1.54) is 51.4 Å². The summed E-state index contributed by atoms with van der Waals surface area (Å²) in [5.41, 5.74) is 3.32. The Morgan fingerprint density at radius 2 is 1.79 bits per heavy atom. The molecule has 0 saturated heterocycles. The molecule has 4 unspecified atom stereocenters. The minimum atomic E-state index is -0.586. The lowest BCUT2D eigenvalue weighted by molar-refractivity contribution is -0.0597. The maximum absolute atomic E-state index is 12.6. The highest BCUT2D eigenvalue weighted by Gasteiger charge is 2.59. The highest BCUT2D eigenvalue weighted by molar-refractivity contribution is 5.64. The SMILES string of the molecule is C=Cc1ccc(OC(=O)OC2CC[C@@]3(C)C(=CCC4C3CC[C@@]3(C)C4CC[C@@H]3[C@H](C)CCCC(C)C)C2)cc1. The summed E-state index contributed by atoms with van der Waals surface area (Å²) < 4.78 is 11.3. The summed E-state index contributed by atoms with van der Waals surface area (Å²) in [4.78, 5) is 12.6. The summed E-state index contributed by atoms with van der Waals surface area (Å²) in [5, 5.41) is 0. The van der Waals surface area contributed by atoms with Crippen LogP contribution in [0.25, 0.3) is 6.08 Å². The van der Waals surface area contributed by atoms with Gasteiger partial charge in [-0.3, -0.25) is 0 Å². The third-order valence-electron chi connectivity index (χ3n) is 11.8. The molecule has 39 heavy (non-hydrogen) atoms. The van der Waals surface area contributed by atoms with Crippen LogP contribution in [-0.2, 0) is 4.74 Å². The quantitative estimate of drug-likeness (QED) is 0.190. The van der Waals surface area contributed by atoms with Gasteiger partial charge in [-0.2, -0.15) is 0 Å². The predicted octanol–water partition coefficient (Wildman–Crippen LogP) is 10.3.